The first-order valence-electron chi connectivity index (χ1n) is 6.19. The summed E-state index contributed by atoms with van der Waals surface area (Å²) < 4.78 is 38.3. The highest BCUT2D eigenvalue weighted by molar-refractivity contribution is 6.08. The summed E-state index contributed by atoms with van der Waals surface area (Å²) in [7, 11) is 0. The molecule has 0 radical (unpaired) electrons. The first-order valence-corrected chi connectivity index (χ1v) is 6.19. The van der Waals surface area contributed by atoms with E-state index >= 15 is 0 Å². The molecule has 1 spiro atoms. The Hall–Kier alpha value is -1.72. The van der Waals surface area contributed by atoms with Crippen LogP contribution >= 0.6 is 0 Å². The van der Waals surface area contributed by atoms with Crippen molar-refractivity contribution >= 4 is 17.3 Å². The molecule has 102 valence electrons. The van der Waals surface area contributed by atoms with E-state index < -0.39 is 17.3 Å². The summed E-state index contributed by atoms with van der Waals surface area (Å²) in [6, 6.07) is 3.45. The molecule has 6 heteroatoms. The monoisotopic (exact) mass is 270 g/mol. The van der Waals surface area contributed by atoms with Gasteiger partial charge in [0.2, 0.25) is 5.91 Å². The van der Waals surface area contributed by atoms with E-state index in [2.05, 4.69) is 5.32 Å². The van der Waals surface area contributed by atoms with Gasteiger partial charge in [-0.3, -0.25) is 4.79 Å². The van der Waals surface area contributed by atoms with Crippen molar-refractivity contribution in [2.45, 2.75) is 31.5 Å². The Morgan fingerprint density at radius 3 is 2.58 bits per heavy atom. The van der Waals surface area contributed by atoms with E-state index in [-0.39, 0.29) is 5.91 Å². The molecule has 1 saturated carbocycles. The van der Waals surface area contributed by atoms with Crippen molar-refractivity contribution in [3.63, 3.8) is 0 Å². The second kappa shape index (κ2) is 3.65. The summed E-state index contributed by atoms with van der Waals surface area (Å²) in [5.41, 5.74) is -0.380. The van der Waals surface area contributed by atoms with E-state index in [4.69, 9.17) is 0 Å². The molecule has 1 aliphatic carbocycles. The summed E-state index contributed by atoms with van der Waals surface area (Å²) in [4.78, 5) is 13.8. The predicted molar refractivity (Wildman–Crippen MR) is 65.1 cm³/mol. The number of hydrogen-bond donors (Lipinski definition) is 1. The molecular weight excluding hydrogens is 257 g/mol. The quantitative estimate of drug-likeness (QED) is 0.850. The van der Waals surface area contributed by atoms with Crippen LogP contribution in [-0.4, -0.2) is 18.0 Å². The summed E-state index contributed by atoms with van der Waals surface area (Å²) in [6.45, 7) is 2.37. The second-order valence-electron chi connectivity index (χ2n) is 4.96. The van der Waals surface area contributed by atoms with E-state index in [1.807, 2.05) is 6.92 Å². The van der Waals surface area contributed by atoms with E-state index in [1.54, 1.807) is 4.90 Å². The van der Waals surface area contributed by atoms with Gasteiger partial charge in [-0.05, 0) is 38.0 Å². The van der Waals surface area contributed by atoms with Crippen molar-refractivity contribution in [3.8, 4) is 0 Å². The van der Waals surface area contributed by atoms with E-state index in [1.165, 1.54) is 6.07 Å². The van der Waals surface area contributed by atoms with Gasteiger partial charge < -0.3 is 10.2 Å². The molecule has 0 aromatic heterocycles. The number of hydrogen-bond acceptors (Lipinski definition) is 2. The van der Waals surface area contributed by atoms with Crippen LogP contribution in [0.4, 0.5) is 24.5 Å². The average Bonchev–Trinajstić information content (AvgIpc) is 3.11. The maximum absolute atomic E-state index is 12.8. The maximum atomic E-state index is 12.8. The van der Waals surface area contributed by atoms with Crippen molar-refractivity contribution in [1.29, 1.82) is 0 Å². The topological polar surface area (TPSA) is 32.3 Å². The lowest BCUT2D eigenvalue weighted by atomic mass is 10.0. The number of alkyl halides is 3. The number of benzene rings is 1. The molecule has 3 rings (SSSR count). The van der Waals surface area contributed by atoms with Crippen molar-refractivity contribution in [1.82, 2.24) is 0 Å². The summed E-state index contributed by atoms with van der Waals surface area (Å²) in [5, 5.41) is 2.71. The molecule has 1 amide bonds. The molecule has 19 heavy (non-hydrogen) atoms. The second-order valence-corrected chi connectivity index (χ2v) is 4.96. The van der Waals surface area contributed by atoms with Gasteiger partial charge in [-0.1, -0.05) is 0 Å². The molecular formula is C13H13F3N2O. The zero-order valence-electron chi connectivity index (χ0n) is 10.3. The van der Waals surface area contributed by atoms with Gasteiger partial charge in [0.1, 0.15) is 5.54 Å². The van der Waals surface area contributed by atoms with Crippen LogP contribution in [0.5, 0.6) is 0 Å². The normalized spacial score (nSPS) is 20.2. The van der Waals surface area contributed by atoms with Crippen LogP contribution in [0.15, 0.2) is 18.2 Å². The Labute approximate surface area is 108 Å². The van der Waals surface area contributed by atoms with Gasteiger partial charge in [-0.15, -0.1) is 0 Å². The lowest BCUT2D eigenvalue weighted by Crippen LogP contribution is -2.50. The van der Waals surface area contributed by atoms with Crippen molar-refractivity contribution in [2.24, 2.45) is 0 Å². The Balaban J connectivity index is 2.11. The summed E-state index contributed by atoms with van der Waals surface area (Å²) in [5.74, 6) is -0.110. The van der Waals surface area contributed by atoms with Gasteiger partial charge in [0, 0.05) is 6.54 Å². The molecule has 1 N–H and O–H groups in total. The minimum absolute atomic E-state index is 0.110. The number of rotatable bonds is 1. The number of halogens is 3. The standard InChI is InChI=1S/C13H13F3N2O/c1-2-18-10-7-8(13(14,15)16)3-4-9(10)17-11(19)12(18)5-6-12/h3-4,7H,2,5-6H2,1H3,(H,17,19). The van der Waals surface area contributed by atoms with Gasteiger partial charge in [0.15, 0.2) is 0 Å². The number of nitrogens with zero attached hydrogens (tertiary/aromatic N) is 1. The van der Waals surface area contributed by atoms with E-state index in [0.29, 0.717) is 30.8 Å². The first kappa shape index (κ1) is 12.3. The van der Waals surface area contributed by atoms with Gasteiger partial charge in [-0.25, -0.2) is 0 Å². The Bertz CT molecular complexity index is 549. The molecule has 0 atom stereocenters. The van der Waals surface area contributed by atoms with Gasteiger partial charge in [0.25, 0.3) is 0 Å². The molecule has 0 unspecified atom stereocenters. The highest BCUT2D eigenvalue weighted by atomic mass is 19.4. The fraction of sp³-hybridized carbons (Fsp3) is 0.462. The molecule has 2 aliphatic rings. The van der Waals surface area contributed by atoms with Crippen LogP contribution in [-0.2, 0) is 11.0 Å². The average molecular weight is 270 g/mol. The number of fused-ring (bicyclic) bond motifs is 1. The Morgan fingerprint density at radius 2 is 2.05 bits per heavy atom. The zero-order chi connectivity index (χ0) is 13.8. The van der Waals surface area contributed by atoms with Crippen molar-refractivity contribution in [3.05, 3.63) is 23.8 Å². The molecule has 3 nitrogen and oxygen atoms in total. The number of carbonyl (C=O) groups excluding carboxylic acids is 1. The number of anilines is 2. The number of nitrogens with one attached hydrogen (secondary N) is 1. The van der Waals surface area contributed by atoms with Crippen LogP contribution in [0.25, 0.3) is 0 Å². The van der Waals surface area contributed by atoms with E-state index in [9.17, 15) is 18.0 Å². The molecule has 1 aliphatic heterocycles. The molecule has 1 heterocycles. The minimum Gasteiger partial charge on any atom is -0.356 e. The lowest BCUT2D eigenvalue weighted by molar-refractivity contribution is -0.137. The highest BCUT2D eigenvalue weighted by Crippen LogP contribution is 2.50. The van der Waals surface area contributed by atoms with Gasteiger partial charge in [0.05, 0.1) is 16.9 Å². The number of carbonyl (C=O) groups is 1. The molecule has 1 aromatic carbocycles. The maximum Gasteiger partial charge on any atom is 0.416 e. The summed E-state index contributed by atoms with van der Waals surface area (Å²) >= 11 is 0. The van der Waals surface area contributed by atoms with E-state index in [0.717, 1.165) is 12.1 Å². The highest BCUT2D eigenvalue weighted by Gasteiger charge is 2.57. The Morgan fingerprint density at radius 1 is 1.37 bits per heavy atom. The fourth-order valence-electron chi connectivity index (χ4n) is 2.72. The molecule has 0 bridgehead atoms. The zero-order valence-corrected chi connectivity index (χ0v) is 10.3. The van der Waals surface area contributed by atoms with Gasteiger partial charge >= 0.3 is 6.18 Å². The smallest absolute Gasteiger partial charge is 0.356 e. The lowest BCUT2D eigenvalue weighted by Gasteiger charge is -2.38. The number of amides is 1. The third-order valence-corrected chi connectivity index (χ3v) is 3.84. The first-order chi connectivity index (χ1) is 8.88. The third-order valence-electron chi connectivity index (χ3n) is 3.84. The van der Waals surface area contributed by atoms with Gasteiger partial charge in [-0.2, -0.15) is 13.2 Å². The molecule has 1 fully saturated rings. The third kappa shape index (κ3) is 1.69. The Kier molecular flexibility index (Phi) is 2.37. The largest absolute Gasteiger partial charge is 0.416 e. The fourth-order valence-corrected chi connectivity index (χ4v) is 2.72. The SMILES string of the molecule is CCN1c2cc(C(F)(F)F)ccc2NC(=O)C12CC2. The molecule has 0 saturated heterocycles. The van der Waals surface area contributed by atoms with Crippen LogP contribution in [0, 0.1) is 0 Å². The van der Waals surface area contributed by atoms with Crippen molar-refractivity contribution in [2.75, 3.05) is 16.8 Å². The van der Waals surface area contributed by atoms with Crippen LogP contribution in [0.3, 0.4) is 0 Å². The van der Waals surface area contributed by atoms with Crippen LogP contribution in [0.1, 0.15) is 25.3 Å². The number of likely N-dealkylation sites (N-methyl/N-ethyl adjacent to an activating group) is 1. The minimum atomic E-state index is -4.37. The van der Waals surface area contributed by atoms with Crippen LogP contribution < -0.4 is 10.2 Å². The van der Waals surface area contributed by atoms with Crippen molar-refractivity contribution < 1.29 is 18.0 Å². The molecule has 1 aromatic rings. The van der Waals surface area contributed by atoms with Crippen LogP contribution in [0.2, 0.25) is 0 Å². The predicted octanol–water partition coefficient (Wildman–Crippen LogP) is 3.02. The summed E-state index contributed by atoms with van der Waals surface area (Å²) in [6.07, 6.45) is -2.97.